The molecule has 1 aliphatic rings. The average Bonchev–Trinajstić information content (AvgIpc) is 2.83. The van der Waals surface area contributed by atoms with Crippen molar-refractivity contribution >= 4 is 69.4 Å². The number of rotatable bonds is 3. The molecule has 0 spiro atoms. The van der Waals surface area contributed by atoms with Gasteiger partial charge in [0, 0.05) is 5.02 Å². The minimum Gasteiger partial charge on any atom is -0.267 e. The number of carbonyl (C=O) groups is 2. The maximum absolute atomic E-state index is 12.5. The van der Waals surface area contributed by atoms with Crippen LogP contribution in [-0.2, 0) is 4.79 Å². The highest BCUT2D eigenvalue weighted by Gasteiger charge is 2.34. The summed E-state index contributed by atoms with van der Waals surface area (Å²) in [6.45, 7) is 0. The van der Waals surface area contributed by atoms with E-state index in [4.69, 9.17) is 35.4 Å². The fourth-order valence-electron chi connectivity index (χ4n) is 2.10. The van der Waals surface area contributed by atoms with Crippen LogP contribution in [0.3, 0.4) is 0 Å². The Kier molecular flexibility index (Phi) is 5.44. The Hall–Kier alpha value is -1.86. The van der Waals surface area contributed by atoms with Gasteiger partial charge in [-0.1, -0.05) is 65.3 Å². The molecule has 1 saturated heterocycles. The van der Waals surface area contributed by atoms with Gasteiger partial charge in [0.05, 0.1) is 15.5 Å². The van der Waals surface area contributed by atoms with Gasteiger partial charge < -0.3 is 0 Å². The SMILES string of the molecule is O=C(NN1C(=O)/C(=C/c2ccccc2)SC1=S)c1ccc(Cl)cc1Cl. The molecule has 2 aromatic rings. The minimum absolute atomic E-state index is 0.190. The van der Waals surface area contributed by atoms with Gasteiger partial charge in [-0.25, -0.2) is 0 Å². The number of carbonyl (C=O) groups excluding carboxylic acids is 2. The molecule has 0 unspecified atom stereocenters. The fraction of sp³-hybridized carbons (Fsp3) is 0. The number of hydrazine groups is 1. The molecule has 1 heterocycles. The predicted octanol–water partition coefficient (Wildman–Crippen LogP) is 4.54. The van der Waals surface area contributed by atoms with Crippen molar-refractivity contribution in [3.05, 3.63) is 74.6 Å². The van der Waals surface area contributed by atoms with Crippen LogP contribution in [0, 0.1) is 0 Å². The summed E-state index contributed by atoms with van der Waals surface area (Å²) in [4.78, 5) is 25.3. The monoisotopic (exact) mass is 408 g/mol. The highest BCUT2D eigenvalue weighted by molar-refractivity contribution is 8.26. The highest BCUT2D eigenvalue weighted by Crippen LogP contribution is 2.31. The van der Waals surface area contributed by atoms with Crippen molar-refractivity contribution in [2.75, 3.05) is 0 Å². The van der Waals surface area contributed by atoms with Crippen LogP contribution in [0.15, 0.2) is 53.4 Å². The summed E-state index contributed by atoms with van der Waals surface area (Å²) >= 11 is 18.2. The van der Waals surface area contributed by atoms with Gasteiger partial charge in [-0.15, -0.1) is 0 Å². The number of nitrogens with one attached hydrogen (secondary N) is 1. The van der Waals surface area contributed by atoms with Crippen molar-refractivity contribution in [1.29, 1.82) is 0 Å². The van der Waals surface area contributed by atoms with Crippen molar-refractivity contribution in [3.63, 3.8) is 0 Å². The summed E-state index contributed by atoms with van der Waals surface area (Å²) in [5.74, 6) is -0.934. The first kappa shape index (κ1) is 17.9. The van der Waals surface area contributed by atoms with Crippen LogP contribution in [0.4, 0.5) is 0 Å². The zero-order chi connectivity index (χ0) is 18.0. The van der Waals surface area contributed by atoms with E-state index in [1.54, 1.807) is 12.1 Å². The second-order valence-electron chi connectivity index (χ2n) is 4.99. The minimum atomic E-state index is -0.543. The number of benzene rings is 2. The largest absolute Gasteiger partial charge is 0.285 e. The van der Waals surface area contributed by atoms with Crippen molar-refractivity contribution in [2.45, 2.75) is 0 Å². The van der Waals surface area contributed by atoms with Gasteiger partial charge in [-0.2, -0.15) is 5.01 Å². The summed E-state index contributed by atoms with van der Waals surface area (Å²) < 4.78 is 0.241. The molecule has 3 rings (SSSR count). The normalized spacial score (nSPS) is 15.8. The van der Waals surface area contributed by atoms with Crippen LogP contribution in [-0.4, -0.2) is 21.1 Å². The van der Waals surface area contributed by atoms with E-state index in [0.717, 1.165) is 22.3 Å². The number of amides is 2. The van der Waals surface area contributed by atoms with Crippen LogP contribution in [0.25, 0.3) is 6.08 Å². The van der Waals surface area contributed by atoms with Crippen molar-refractivity contribution in [1.82, 2.24) is 10.4 Å². The Balaban J connectivity index is 1.79. The lowest BCUT2D eigenvalue weighted by Crippen LogP contribution is -2.44. The van der Waals surface area contributed by atoms with Crippen LogP contribution in [0.5, 0.6) is 0 Å². The Morgan fingerprint density at radius 3 is 2.56 bits per heavy atom. The predicted molar refractivity (Wildman–Crippen MR) is 105 cm³/mol. The third kappa shape index (κ3) is 4.04. The van der Waals surface area contributed by atoms with Gasteiger partial charge in [0.15, 0.2) is 4.32 Å². The van der Waals surface area contributed by atoms with E-state index in [1.165, 1.54) is 12.1 Å². The van der Waals surface area contributed by atoms with E-state index in [2.05, 4.69) is 5.43 Å². The average molecular weight is 409 g/mol. The van der Waals surface area contributed by atoms with Gasteiger partial charge in [0.2, 0.25) is 0 Å². The van der Waals surface area contributed by atoms with E-state index in [9.17, 15) is 9.59 Å². The summed E-state index contributed by atoms with van der Waals surface area (Å²) in [5.41, 5.74) is 3.56. The number of halogens is 2. The third-order valence-corrected chi connectivity index (χ3v) is 5.13. The maximum atomic E-state index is 12.5. The number of thioether (sulfide) groups is 1. The lowest BCUT2D eigenvalue weighted by molar-refractivity contribution is -0.123. The third-order valence-electron chi connectivity index (χ3n) is 3.28. The van der Waals surface area contributed by atoms with Crippen LogP contribution in [0.1, 0.15) is 15.9 Å². The lowest BCUT2D eigenvalue weighted by atomic mass is 10.2. The molecule has 0 saturated carbocycles. The van der Waals surface area contributed by atoms with E-state index < -0.39 is 11.8 Å². The second-order valence-corrected chi connectivity index (χ2v) is 7.51. The first-order chi connectivity index (χ1) is 12.0. The molecule has 4 nitrogen and oxygen atoms in total. The molecular weight excluding hydrogens is 399 g/mol. The van der Waals surface area contributed by atoms with Gasteiger partial charge >= 0.3 is 0 Å². The summed E-state index contributed by atoms with van der Waals surface area (Å²) in [5, 5.41) is 1.65. The van der Waals surface area contributed by atoms with E-state index in [-0.39, 0.29) is 14.9 Å². The zero-order valence-corrected chi connectivity index (χ0v) is 15.7. The highest BCUT2D eigenvalue weighted by atomic mass is 35.5. The van der Waals surface area contributed by atoms with Crippen LogP contribution >= 0.6 is 47.2 Å². The number of hydrogen-bond acceptors (Lipinski definition) is 4. The molecule has 1 fully saturated rings. The standard InChI is InChI=1S/C17H10Cl2N2O2S2/c18-11-6-7-12(13(19)9-11)15(22)20-21-16(23)14(25-17(21)24)8-10-4-2-1-3-5-10/h1-9H,(H,20,22)/b14-8-. The fourth-order valence-corrected chi connectivity index (χ4v) is 3.77. The maximum Gasteiger partial charge on any atom is 0.285 e. The molecular formula is C17H10Cl2N2O2S2. The van der Waals surface area contributed by atoms with Crippen molar-refractivity contribution < 1.29 is 9.59 Å². The first-order valence-electron chi connectivity index (χ1n) is 7.05. The van der Waals surface area contributed by atoms with Gasteiger partial charge in [0.1, 0.15) is 0 Å². The Labute approximate surface area is 163 Å². The molecule has 0 radical (unpaired) electrons. The summed E-state index contributed by atoms with van der Waals surface area (Å²) in [6, 6.07) is 13.9. The van der Waals surface area contributed by atoms with Gasteiger partial charge in [-0.3, -0.25) is 15.0 Å². The molecule has 0 bridgehead atoms. The second kappa shape index (κ2) is 7.58. The Morgan fingerprint density at radius 1 is 1.16 bits per heavy atom. The number of thiocarbonyl (C=S) groups is 1. The molecule has 0 aromatic heterocycles. The molecule has 0 aliphatic carbocycles. The smallest absolute Gasteiger partial charge is 0.267 e. The molecule has 25 heavy (non-hydrogen) atoms. The van der Waals surface area contributed by atoms with Crippen LogP contribution in [0.2, 0.25) is 10.0 Å². The summed E-state index contributed by atoms with van der Waals surface area (Å²) in [7, 11) is 0. The quantitative estimate of drug-likeness (QED) is 0.598. The first-order valence-corrected chi connectivity index (χ1v) is 9.03. The molecule has 1 aliphatic heterocycles. The Morgan fingerprint density at radius 2 is 1.88 bits per heavy atom. The van der Waals surface area contributed by atoms with E-state index >= 15 is 0 Å². The molecule has 1 N–H and O–H groups in total. The number of nitrogens with zero attached hydrogens (tertiary/aromatic N) is 1. The van der Waals surface area contributed by atoms with Gasteiger partial charge in [0.25, 0.3) is 11.8 Å². The number of hydrogen-bond donors (Lipinski definition) is 1. The molecule has 8 heteroatoms. The molecule has 2 aromatic carbocycles. The van der Waals surface area contributed by atoms with Gasteiger partial charge in [-0.05, 0) is 42.1 Å². The van der Waals surface area contributed by atoms with Crippen LogP contribution < -0.4 is 5.43 Å². The summed E-state index contributed by atoms with van der Waals surface area (Å²) in [6.07, 6.45) is 1.72. The zero-order valence-electron chi connectivity index (χ0n) is 12.5. The van der Waals surface area contributed by atoms with E-state index in [1.807, 2.05) is 30.3 Å². The molecule has 2 amide bonds. The molecule has 0 atom stereocenters. The Bertz CT molecular complexity index is 901. The van der Waals surface area contributed by atoms with Crippen molar-refractivity contribution in [2.24, 2.45) is 0 Å². The van der Waals surface area contributed by atoms with Crippen molar-refractivity contribution in [3.8, 4) is 0 Å². The van der Waals surface area contributed by atoms with E-state index in [0.29, 0.717) is 9.93 Å². The topological polar surface area (TPSA) is 49.4 Å². The molecule has 126 valence electrons. The lowest BCUT2D eigenvalue weighted by Gasteiger charge is -2.16.